The number of benzene rings is 1. The molecule has 2 aliphatic rings. The van der Waals surface area contributed by atoms with Gasteiger partial charge in [0.1, 0.15) is 0 Å². The van der Waals surface area contributed by atoms with Crippen molar-refractivity contribution in [1.82, 2.24) is 15.1 Å². The van der Waals surface area contributed by atoms with Crippen LogP contribution in [-0.2, 0) is 4.79 Å². The highest BCUT2D eigenvalue weighted by Crippen LogP contribution is 2.28. The molecule has 0 spiro atoms. The van der Waals surface area contributed by atoms with Gasteiger partial charge in [0.15, 0.2) is 11.5 Å². The van der Waals surface area contributed by atoms with Gasteiger partial charge in [0.25, 0.3) is 5.91 Å². The van der Waals surface area contributed by atoms with Crippen LogP contribution in [0.2, 0.25) is 0 Å². The lowest BCUT2D eigenvalue weighted by Gasteiger charge is -2.41. The Bertz CT molecular complexity index is 655. The number of piperidine rings is 1. The van der Waals surface area contributed by atoms with Crippen LogP contribution >= 0.6 is 12.4 Å². The third-order valence-corrected chi connectivity index (χ3v) is 4.88. The summed E-state index contributed by atoms with van der Waals surface area (Å²) in [6.45, 7) is 3.21. The summed E-state index contributed by atoms with van der Waals surface area (Å²) < 4.78 is 10.5. The molecule has 2 aliphatic heterocycles. The van der Waals surface area contributed by atoms with Crippen LogP contribution in [-0.4, -0.2) is 74.6 Å². The van der Waals surface area contributed by atoms with Crippen LogP contribution in [0.1, 0.15) is 23.2 Å². The van der Waals surface area contributed by atoms with Crippen molar-refractivity contribution in [3.05, 3.63) is 23.8 Å². The lowest BCUT2D eigenvalue weighted by Crippen LogP contribution is -2.57. The Labute approximate surface area is 160 Å². The molecule has 3 rings (SSSR count). The Morgan fingerprint density at radius 1 is 1.19 bits per heavy atom. The van der Waals surface area contributed by atoms with Crippen LogP contribution in [0.4, 0.5) is 0 Å². The molecule has 0 saturated carbocycles. The molecule has 0 aromatic heterocycles. The zero-order valence-electron chi connectivity index (χ0n) is 15.2. The van der Waals surface area contributed by atoms with Gasteiger partial charge in [-0.1, -0.05) is 0 Å². The van der Waals surface area contributed by atoms with Crippen LogP contribution in [0.25, 0.3) is 0 Å². The van der Waals surface area contributed by atoms with Gasteiger partial charge in [-0.25, -0.2) is 0 Å². The molecule has 1 aromatic rings. The first-order chi connectivity index (χ1) is 12.1. The van der Waals surface area contributed by atoms with Gasteiger partial charge in [-0.2, -0.15) is 0 Å². The van der Waals surface area contributed by atoms with E-state index in [1.165, 1.54) is 0 Å². The highest BCUT2D eigenvalue weighted by Gasteiger charge is 2.32. The SMILES string of the molecule is COc1ccc(C(=O)N2CCCC(N3CCNCC3=O)C2)cc1OC.Cl. The van der Waals surface area contributed by atoms with E-state index in [0.717, 1.165) is 19.4 Å². The van der Waals surface area contributed by atoms with Gasteiger partial charge in [-0.05, 0) is 31.0 Å². The topological polar surface area (TPSA) is 71.1 Å². The van der Waals surface area contributed by atoms with Crippen molar-refractivity contribution in [2.24, 2.45) is 0 Å². The first kappa shape index (κ1) is 20.3. The molecule has 8 heteroatoms. The summed E-state index contributed by atoms with van der Waals surface area (Å²) in [7, 11) is 3.12. The van der Waals surface area contributed by atoms with Crippen LogP contribution in [0.3, 0.4) is 0 Å². The van der Waals surface area contributed by atoms with Crippen LogP contribution in [0.15, 0.2) is 18.2 Å². The number of halogens is 1. The van der Waals surface area contributed by atoms with Crippen molar-refractivity contribution in [1.29, 1.82) is 0 Å². The van der Waals surface area contributed by atoms with Gasteiger partial charge in [-0.3, -0.25) is 9.59 Å². The predicted molar refractivity (Wildman–Crippen MR) is 100 cm³/mol. The van der Waals surface area contributed by atoms with Gasteiger partial charge in [0.2, 0.25) is 5.91 Å². The minimum atomic E-state index is -0.0340. The summed E-state index contributed by atoms with van der Waals surface area (Å²) in [5.41, 5.74) is 0.574. The van der Waals surface area contributed by atoms with Gasteiger partial charge < -0.3 is 24.6 Å². The summed E-state index contributed by atoms with van der Waals surface area (Å²) >= 11 is 0. The molecule has 26 heavy (non-hydrogen) atoms. The molecule has 1 aromatic carbocycles. The van der Waals surface area contributed by atoms with Crippen LogP contribution < -0.4 is 14.8 Å². The highest BCUT2D eigenvalue weighted by atomic mass is 35.5. The fraction of sp³-hybridized carbons (Fsp3) is 0.556. The van der Waals surface area contributed by atoms with Gasteiger partial charge >= 0.3 is 0 Å². The lowest BCUT2D eigenvalue weighted by molar-refractivity contribution is -0.135. The first-order valence-corrected chi connectivity index (χ1v) is 8.65. The second-order valence-corrected chi connectivity index (χ2v) is 6.38. The van der Waals surface area contributed by atoms with Crippen LogP contribution in [0.5, 0.6) is 11.5 Å². The van der Waals surface area contributed by atoms with Crippen LogP contribution in [0, 0.1) is 0 Å². The van der Waals surface area contributed by atoms with Gasteiger partial charge in [0, 0.05) is 37.8 Å². The highest BCUT2D eigenvalue weighted by molar-refractivity contribution is 5.95. The molecule has 0 radical (unpaired) electrons. The maximum atomic E-state index is 12.9. The van der Waals surface area contributed by atoms with Crippen molar-refractivity contribution in [3.63, 3.8) is 0 Å². The predicted octanol–water partition coefficient (Wildman–Crippen LogP) is 1.16. The van der Waals surface area contributed by atoms with E-state index in [9.17, 15) is 9.59 Å². The molecule has 2 amide bonds. The number of piperazine rings is 1. The molecule has 1 N–H and O–H groups in total. The molecule has 0 bridgehead atoms. The van der Waals surface area contributed by atoms with Crippen molar-refractivity contribution in [2.75, 3.05) is 46.9 Å². The molecule has 2 fully saturated rings. The summed E-state index contributed by atoms with van der Waals surface area (Å²) in [5.74, 6) is 1.23. The standard InChI is InChI=1S/C18H25N3O4.ClH/c1-24-15-6-5-13(10-16(15)25-2)18(23)20-8-3-4-14(12-20)21-9-7-19-11-17(21)22;/h5-6,10,14,19H,3-4,7-9,11-12H2,1-2H3;1H. The maximum Gasteiger partial charge on any atom is 0.254 e. The Balaban J connectivity index is 0.00000243. The van der Waals surface area contributed by atoms with Crippen molar-refractivity contribution >= 4 is 24.2 Å². The fourth-order valence-electron chi connectivity index (χ4n) is 3.55. The molecule has 0 aliphatic carbocycles. The quantitative estimate of drug-likeness (QED) is 0.844. The number of rotatable bonds is 4. The third-order valence-electron chi connectivity index (χ3n) is 4.88. The number of carbonyl (C=O) groups excluding carboxylic acids is 2. The summed E-state index contributed by atoms with van der Waals surface area (Å²) in [4.78, 5) is 28.8. The van der Waals surface area contributed by atoms with Crippen molar-refractivity contribution in [3.8, 4) is 11.5 Å². The number of amides is 2. The summed E-state index contributed by atoms with van der Waals surface area (Å²) in [6.07, 6.45) is 1.85. The second-order valence-electron chi connectivity index (χ2n) is 6.38. The number of ether oxygens (including phenoxy) is 2. The van der Waals surface area contributed by atoms with E-state index in [-0.39, 0.29) is 30.3 Å². The lowest BCUT2D eigenvalue weighted by atomic mass is 10.0. The molecular formula is C18H26ClN3O4. The first-order valence-electron chi connectivity index (χ1n) is 8.65. The minimum absolute atomic E-state index is 0. The fourth-order valence-corrected chi connectivity index (χ4v) is 3.55. The van der Waals surface area contributed by atoms with Gasteiger partial charge in [0.05, 0.1) is 20.8 Å². The average molecular weight is 384 g/mol. The van der Waals surface area contributed by atoms with E-state index in [1.54, 1.807) is 32.4 Å². The molecule has 144 valence electrons. The monoisotopic (exact) mass is 383 g/mol. The Hall–Kier alpha value is -1.99. The Morgan fingerprint density at radius 2 is 1.96 bits per heavy atom. The number of hydrogen-bond acceptors (Lipinski definition) is 5. The number of methoxy groups -OCH3 is 2. The largest absolute Gasteiger partial charge is 0.493 e. The van der Waals surface area contributed by atoms with E-state index in [4.69, 9.17) is 9.47 Å². The number of hydrogen-bond donors (Lipinski definition) is 1. The smallest absolute Gasteiger partial charge is 0.254 e. The number of likely N-dealkylation sites (tertiary alicyclic amines) is 1. The van der Waals surface area contributed by atoms with Crippen molar-refractivity contribution in [2.45, 2.75) is 18.9 Å². The number of nitrogens with one attached hydrogen (secondary N) is 1. The zero-order chi connectivity index (χ0) is 17.8. The third kappa shape index (κ3) is 4.22. The van der Waals surface area contributed by atoms with Crippen molar-refractivity contribution < 1.29 is 19.1 Å². The molecular weight excluding hydrogens is 358 g/mol. The van der Waals surface area contributed by atoms with E-state index in [2.05, 4.69) is 5.32 Å². The van der Waals surface area contributed by atoms with E-state index in [0.29, 0.717) is 43.2 Å². The van der Waals surface area contributed by atoms with E-state index >= 15 is 0 Å². The Morgan fingerprint density at radius 3 is 2.65 bits per heavy atom. The molecule has 7 nitrogen and oxygen atoms in total. The normalized spacial score (nSPS) is 20.4. The molecule has 2 saturated heterocycles. The van der Waals surface area contributed by atoms with Gasteiger partial charge in [-0.15, -0.1) is 12.4 Å². The molecule has 1 unspecified atom stereocenters. The minimum Gasteiger partial charge on any atom is -0.493 e. The maximum absolute atomic E-state index is 12.9. The summed E-state index contributed by atoms with van der Waals surface area (Å²) in [6, 6.07) is 5.31. The zero-order valence-corrected chi connectivity index (χ0v) is 16.0. The number of nitrogens with zero attached hydrogens (tertiary/aromatic N) is 2. The average Bonchev–Trinajstić information content (AvgIpc) is 2.67. The van der Waals surface area contributed by atoms with E-state index < -0.39 is 0 Å². The second kappa shape index (κ2) is 9.09. The Kier molecular flexibility index (Phi) is 7.11. The van der Waals surface area contributed by atoms with E-state index in [1.807, 2.05) is 9.80 Å². The molecule has 2 heterocycles. The summed E-state index contributed by atoms with van der Waals surface area (Å²) in [5, 5.41) is 3.09. The number of carbonyl (C=O) groups is 2. The molecule has 1 atom stereocenters.